The molecule has 1 saturated heterocycles. The number of nitrogens with zero attached hydrogens (tertiary/aromatic N) is 4. The van der Waals surface area contributed by atoms with Crippen molar-refractivity contribution in [3.8, 4) is 5.75 Å². The third kappa shape index (κ3) is 5.82. The van der Waals surface area contributed by atoms with Crippen LogP contribution in [0.3, 0.4) is 0 Å². The van der Waals surface area contributed by atoms with E-state index in [1.165, 1.54) is 10.7 Å². The van der Waals surface area contributed by atoms with Gasteiger partial charge in [0.15, 0.2) is 0 Å². The number of likely N-dealkylation sites (N-methyl/N-ethyl adjacent to an activating group) is 1. The Balaban J connectivity index is 1.19. The molecule has 0 bridgehead atoms. The summed E-state index contributed by atoms with van der Waals surface area (Å²) in [5.41, 5.74) is 5.42. The number of benzene rings is 2. The number of fused-ring (bicyclic) bond motifs is 1. The highest BCUT2D eigenvalue weighted by Crippen LogP contribution is 2.27. The lowest BCUT2D eigenvalue weighted by Crippen LogP contribution is -2.46. The summed E-state index contributed by atoms with van der Waals surface area (Å²) in [6.07, 6.45) is -0.223. The quantitative estimate of drug-likeness (QED) is 0.379. The van der Waals surface area contributed by atoms with Crippen LogP contribution in [0.25, 0.3) is 0 Å². The molecule has 3 aromatic rings. The average molecular weight is 510 g/mol. The summed E-state index contributed by atoms with van der Waals surface area (Å²) in [6.45, 7) is 7.07. The maximum atomic E-state index is 12.7. The van der Waals surface area contributed by atoms with Crippen LogP contribution < -0.4 is 26.4 Å². The SMILES string of the molecule is CN1CCN(CCNCc2c(Cl)cccc2OCc2cc(=O)n3c(n2)NC(c2ccccc2)N3)CC1. The maximum absolute atomic E-state index is 12.7. The first kappa shape index (κ1) is 24.6. The minimum absolute atomic E-state index is 0.162. The number of nitrogens with one attached hydrogen (secondary N) is 3. The highest BCUT2D eigenvalue weighted by molar-refractivity contribution is 6.31. The van der Waals surface area contributed by atoms with Crippen molar-refractivity contribution in [3.05, 3.63) is 86.8 Å². The zero-order valence-electron chi connectivity index (χ0n) is 20.4. The van der Waals surface area contributed by atoms with Crippen molar-refractivity contribution in [2.24, 2.45) is 0 Å². The van der Waals surface area contributed by atoms with E-state index in [4.69, 9.17) is 16.3 Å². The fourth-order valence-corrected chi connectivity index (χ4v) is 4.67. The van der Waals surface area contributed by atoms with Crippen LogP contribution in [0.15, 0.2) is 59.4 Å². The van der Waals surface area contributed by atoms with Gasteiger partial charge < -0.3 is 20.3 Å². The van der Waals surface area contributed by atoms with E-state index in [1.54, 1.807) is 0 Å². The van der Waals surface area contributed by atoms with E-state index in [-0.39, 0.29) is 18.3 Å². The predicted octanol–water partition coefficient (Wildman–Crippen LogP) is 2.48. The summed E-state index contributed by atoms with van der Waals surface area (Å²) in [4.78, 5) is 22.1. The molecule has 190 valence electrons. The van der Waals surface area contributed by atoms with Crippen LogP contribution in [0, 0.1) is 0 Å². The number of aromatic nitrogens is 2. The summed E-state index contributed by atoms with van der Waals surface area (Å²) in [5.74, 6) is 1.15. The second-order valence-corrected chi connectivity index (χ2v) is 9.60. The molecule has 36 heavy (non-hydrogen) atoms. The molecule has 0 saturated carbocycles. The standard InChI is InChI=1S/C26H32ClN7O2/c1-32-12-14-33(15-13-32)11-10-28-17-21-22(27)8-5-9-23(21)36-18-20-16-24(35)34-26(29-20)30-25(31-34)19-6-3-2-4-7-19/h2-9,16,25,28,31H,10-15,17-18H2,1H3,(H,29,30). The van der Waals surface area contributed by atoms with Crippen LogP contribution in [-0.2, 0) is 13.2 Å². The van der Waals surface area contributed by atoms with Crippen LogP contribution in [-0.4, -0.2) is 65.8 Å². The molecular formula is C26H32ClN7O2. The molecule has 5 rings (SSSR count). The van der Waals surface area contributed by atoms with E-state index < -0.39 is 0 Å². The Labute approximate surface area is 216 Å². The summed E-state index contributed by atoms with van der Waals surface area (Å²) < 4.78 is 7.52. The Morgan fingerprint density at radius 3 is 2.72 bits per heavy atom. The van der Waals surface area contributed by atoms with Gasteiger partial charge in [0, 0.05) is 62.5 Å². The molecule has 1 atom stereocenters. The first-order chi connectivity index (χ1) is 17.6. The van der Waals surface area contributed by atoms with E-state index in [1.807, 2.05) is 48.5 Å². The molecule has 0 radical (unpaired) electrons. The average Bonchev–Trinajstić information content (AvgIpc) is 3.33. The Hall–Kier alpha value is -3.11. The number of rotatable bonds is 9. The molecule has 0 spiro atoms. The van der Waals surface area contributed by atoms with E-state index in [9.17, 15) is 4.79 Å². The smallest absolute Gasteiger partial charge is 0.273 e. The number of halogens is 1. The lowest BCUT2D eigenvalue weighted by molar-refractivity contribution is 0.154. The molecule has 1 aromatic heterocycles. The number of ether oxygens (including phenoxy) is 1. The number of anilines is 1. The normalized spacial score (nSPS) is 17.9. The Morgan fingerprint density at radius 1 is 1.11 bits per heavy atom. The van der Waals surface area contributed by atoms with Crippen molar-refractivity contribution in [1.82, 2.24) is 24.8 Å². The molecule has 1 unspecified atom stereocenters. The molecular weight excluding hydrogens is 478 g/mol. The molecule has 1 fully saturated rings. The highest BCUT2D eigenvalue weighted by atomic mass is 35.5. The van der Waals surface area contributed by atoms with Crippen LogP contribution in [0.5, 0.6) is 5.75 Å². The predicted molar refractivity (Wildman–Crippen MR) is 142 cm³/mol. The number of piperazine rings is 1. The Kier molecular flexibility index (Phi) is 7.72. The van der Waals surface area contributed by atoms with E-state index in [0.29, 0.717) is 29.0 Å². The first-order valence-corrected chi connectivity index (χ1v) is 12.7. The molecule has 0 aliphatic carbocycles. The monoisotopic (exact) mass is 509 g/mol. The fraction of sp³-hybridized carbons (Fsp3) is 0.385. The maximum Gasteiger partial charge on any atom is 0.273 e. The van der Waals surface area contributed by atoms with Gasteiger partial charge in [-0.3, -0.25) is 15.1 Å². The van der Waals surface area contributed by atoms with Crippen molar-refractivity contribution in [2.45, 2.75) is 19.3 Å². The van der Waals surface area contributed by atoms with Gasteiger partial charge in [0.05, 0.1) is 5.69 Å². The van der Waals surface area contributed by atoms with Gasteiger partial charge in [0.25, 0.3) is 5.56 Å². The molecule has 0 amide bonds. The zero-order chi connectivity index (χ0) is 24.9. The summed E-state index contributed by atoms with van der Waals surface area (Å²) in [6, 6.07) is 17.0. The zero-order valence-corrected chi connectivity index (χ0v) is 21.2. The van der Waals surface area contributed by atoms with E-state index >= 15 is 0 Å². The van der Waals surface area contributed by atoms with Crippen molar-refractivity contribution < 1.29 is 4.74 Å². The van der Waals surface area contributed by atoms with Gasteiger partial charge in [0.1, 0.15) is 18.5 Å². The molecule has 9 nitrogen and oxygen atoms in total. The topological polar surface area (TPSA) is 86.7 Å². The van der Waals surface area contributed by atoms with Crippen LogP contribution >= 0.6 is 11.6 Å². The minimum Gasteiger partial charge on any atom is -0.487 e. The third-order valence-corrected chi connectivity index (χ3v) is 6.94. The molecule has 10 heteroatoms. The van der Waals surface area contributed by atoms with Gasteiger partial charge in [0.2, 0.25) is 5.95 Å². The largest absolute Gasteiger partial charge is 0.487 e. The van der Waals surface area contributed by atoms with E-state index in [0.717, 1.165) is 50.4 Å². The fourth-order valence-electron chi connectivity index (χ4n) is 4.44. The Morgan fingerprint density at radius 2 is 1.92 bits per heavy atom. The van der Waals surface area contributed by atoms with E-state index in [2.05, 4.69) is 37.9 Å². The van der Waals surface area contributed by atoms with Gasteiger partial charge in [-0.1, -0.05) is 48.0 Å². The number of hydrogen-bond donors (Lipinski definition) is 3. The molecule has 2 aliphatic rings. The second-order valence-electron chi connectivity index (χ2n) is 9.19. The molecule has 2 aromatic carbocycles. The van der Waals surface area contributed by atoms with Gasteiger partial charge in [-0.05, 0) is 24.7 Å². The van der Waals surface area contributed by atoms with Crippen molar-refractivity contribution >= 4 is 17.5 Å². The molecule has 3 heterocycles. The summed E-state index contributed by atoms with van der Waals surface area (Å²) in [7, 11) is 2.17. The number of hydrogen-bond acceptors (Lipinski definition) is 8. The summed E-state index contributed by atoms with van der Waals surface area (Å²) >= 11 is 6.51. The summed E-state index contributed by atoms with van der Waals surface area (Å²) in [5, 5.41) is 7.41. The first-order valence-electron chi connectivity index (χ1n) is 12.3. The molecule has 2 aliphatic heterocycles. The minimum atomic E-state index is -0.223. The van der Waals surface area contributed by atoms with Crippen molar-refractivity contribution in [3.63, 3.8) is 0 Å². The van der Waals surface area contributed by atoms with Crippen molar-refractivity contribution in [1.29, 1.82) is 0 Å². The van der Waals surface area contributed by atoms with Gasteiger partial charge in [-0.2, -0.15) is 4.68 Å². The third-order valence-electron chi connectivity index (χ3n) is 6.59. The van der Waals surface area contributed by atoms with Crippen LogP contribution in [0.4, 0.5) is 5.95 Å². The Bertz CT molecular complexity index is 1230. The van der Waals surface area contributed by atoms with Gasteiger partial charge in [-0.25, -0.2) is 4.98 Å². The lowest BCUT2D eigenvalue weighted by atomic mass is 10.2. The van der Waals surface area contributed by atoms with Crippen molar-refractivity contribution in [2.75, 3.05) is 57.1 Å². The van der Waals surface area contributed by atoms with Gasteiger partial charge >= 0.3 is 0 Å². The van der Waals surface area contributed by atoms with Gasteiger partial charge in [-0.15, -0.1) is 0 Å². The lowest BCUT2D eigenvalue weighted by Gasteiger charge is -2.32. The highest BCUT2D eigenvalue weighted by Gasteiger charge is 2.23. The van der Waals surface area contributed by atoms with Crippen LogP contribution in [0.2, 0.25) is 5.02 Å². The molecule has 3 N–H and O–H groups in total. The second kappa shape index (κ2) is 11.3. The van der Waals surface area contributed by atoms with Crippen LogP contribution in [0.1, 0.15) is 23.0 Å².